The fourth-order valence-corrected chi connectivity index (χ4v) is 4.84. The summed E-state index contributed by atoms with van der Waals surface area (Å²) in [7, 11) is 0. The summed E-state index contributed by atoms with van der Waals surface area (Å²) in [6.45, 7) is 4.23. The summed E-state index contributed by atoms with van der Waals surface area (Å²) >= 11 is 0. The lowest BCUT2D eigenvalue weighted by molar-refractivity contribution is -0.148. The van der Waals surface area contributed by atoms with Crippen LogP contribution in [0.1, 0.15) is 59.7 Å². The highest BCUT2D eigenvalue weighted by atomic mass is 19.1. The second kappa shape index (κ2) is 11.0. The van der Waals surface area contributed by atoms with Crippen molar-refractivity contribution in [3.63, 3.8) is 0 Å². The van der Waals surface area contributed by atoms with Gasteiger partial charge in [-0.1, -0.05) is 17.7 Å². The van der Waals surface area contributed by atoms with Crippen LogP contribution in [0.5, 0.6) is 5.75 Å². The van der Waals surface area contributed by atoms with Crippen LogP contribution in [0.15, 0.2) is 42.1 Å². The highest BCUT2D eigenvalue weighted by Gasteiger charge is 2.34. The van der Waals surface area contributed by atoms with Crippen LogP contribution in [0.3, 0.4) is 0 Å². The van der Waals surface area contributed by atoms with Gasteiger partial charge in [0.05, 0.1) is 17.3 Å². The number of aliphatic carboxylic acids is 1. The van der Waals surface area contributed by atoms with Gasteiger partial charge >= 0.3 is 5.97 Å². The quantitative estimate of drug-likeness (QED) is 0.353. The van der Waals surface area contributed by atoms with E-state index >= 15 is 0 Å². The number of ether oxygens (including phenoxy) is 1. The number of carbonyl (C=O) groups is 4. The lowest BCUT2D eigenvalue weighted by atomic mass is 9.76. The van der Waals surface area contributed by atoms with Gasteiger partial charge in [0.2, 0.25) is 0 Å². The maximum atomic E-state index is 14.5. The van der Waals surface area contributed by atoms with Crippen molar-refractivity contribution >= 4 is 35.0 Å². The van der Waals surface area contributed by atoms with E-state index in [1.165, 1.54) is 6.07 Å². The van der Waals surface area contributed by atoms with Gasteiger partial charge in [0, 0.05) is 25.7 Å². The van der Waals surface area contributed by atoms with E-state index in [9.17, 15) is 28.7 Å². The van der Waals surface area contributed by atoms with E-state index in [1.807, 2.05) is 13.0 Å². The number of likely N-dealkylation sites (N-methyl/N-ethyl adjacent to an activating group) is 1. The van der Waals surface area contributed by atoms with Gasteiger partial charge in [-0.25, -0.2) is 13.9 Å². The average molecular weight is 565 g/mol. The molecule has 3 N–H and O–H groups in total. The van der Waals surface area contributed by atoms with Gasteiger partial charge in [0.25, 0.3) is 17.7 Å². The number of fused-ring (bicyclic) bond motifs is 2. The molecule has 12 nitrogen and oxygen atoms in total. The van der Waals surface area contributed by atoms with Gasteiger partial charge in [-0.3, -0.25) is 19.2 Å². The molecular formula is C28H29FN6O6. The number of rotatable bonds is 8. The fourth-order valence-electron chi connectivity index (χ4n) is 4.84. The number of hydrogen-bond acceptors (Lipinski definition) is 7. The molecule has 13 heteroatoms. The van der Waals surface area contributed by atoms with E-state index in [0.717, 1.165) is 16.3 Å². The molecule has 1 aliphatic carbocycles. The Kier molecular flexibility index (Phi) is 7.43. The van der Waals surface area contributed by atoms with E-state index in [0.29, 0.717) is 42.8 Å². The van der Waals surface area contributed by atoms with Crippen LogP contribution in [-0.2, 0) is 16.1 Å². The Bertz CT molecular complexity index is 1600. The maximum absolute atomic E-state index is 14.5. The Hall–Kier alpha value is -4.81. The maximum Gasteiger partial charge on any atom is 0.309 e. The molecule has 3 aromatic rings. The van der Waals surface area contributed by atoms with Crippen LogP contribution in [0, 0.1) is 11.2 Å². The Morgan fingerprint density at radius 1 is 1.17 bits per heavy atom. The van der Waals surface area contributed by atoms with E-state index < -0.39 is 29.0 Å². The van der Waals surface area contributed by atoms with Crippen molar-refractivity contribution in [1.82, 2.24) is 25.2 Å². The zero-order chi connectivity index (χ0) is 29.3. The summed E-state index contributed by atoms with van der Waals surface area (Å²) in [5.41, 5.74) is 0.811. The first-order valence-corrected chi connectivity index (χ1v) is 13.2. The zero-order valence-electron chi connectivity index (χ0n) is 22.6. The lowest BCUT2D eigenvalue weighted by Gasteiger charge is -2.28. The molecule has 5 rings (SSSR count). The molecule has 2 aromatic heterocycles. The second-order valence-electron chi connectivity index (χ2n) is 10.3. The first-order valence-electron chi connectivity index (χ1n) is 13.2. The number of nitrogens with zero attached hydrogens (tertiary/aromatic N) is 4. The topological polar surface area (TPSA) is 155 Å². The third-order valence-corrected chi connectivity index (χ3v) is 7.46. The Labute approximate surface area is 234 Å². The number of hydrogen-bond donors (Lipinski definition) is 3. The van der Waals surface area contributed by atoms with Crippen LogP contribution < -0.4 is 20.3 Å². The highest BCUT2D eigenvalue weighted by molar-refractivity contribution is 5.99. The van der Waals surface area contributed by atoms with Crippen molar-refractivity contribution in [2.75, 3.05) is 24.6 Å². The number of halogens is 1. The van der Waals surface area contributed by atoms with E-state index in [-0.39, 0.29) is 42.6 Å². The van der Waals surface area contributed by atoms with Crippen LogP contribution in [-0.4, -0.2) is 63.1 Å². The van der Waals surface area contributed by atoms with Gasteiger partial charge in [-0.2, -0.15) is 5.10 Å². The summed E-state index contributed by atoms with van der Waals surface area (Å²) in [5, 5.41) is 18.8. The smallest absolute Gasteiger partial charge is 0.309 e. The number of benzene rings is 1. The Balaban J connectivity index is 1.31. The molecule has 41 heavy (non-hydrogen) atoms. The monoisotopic (exact) mass is 564 g/mol. The number of aromatic nitrogens is 3. The van der Waals surface area contributed by atoms with Crippen molar-refractivity contribution in [2.24, 2.45) is 5.41 Å². The van der Waals surface area contributed by atoms with Gasteiger partial charge in [-0.05, 0) is 50.8 Å². The molecule has 0 radical (unpaired) electrons. The lowest BCUT2D eigenvalue weighted by Crippen LogP contribution is -2.38. The average Bonchev–Trinajstić information content (AvgIpc) is 3.35. The Morgan fingerprint density at radius 2 is 1.95 bits per heavy atom. The number of carboxylic acids is 1. The molecule has 3 amide bonds. The van der Waals surface area contributed by atoms with Gasteiger partial charge in [0.15, 0.2) is 18.1 Å². The summed E-state index contributed by atoms with van der Waals surface area (Å²) in [6.07, 6.45) is 4.04. The first kappa shape index (κ1) is 27.7. The number of allylic oxidation sites excluding steroid dienone is 1. The highest BCUT2D eigenvalue weighted by Crippen LogP contribution is 2.35. The van der Waals surface area contributed by atoms with Crippen molar-refractivity contribution in [3.8, 4) is 5.75 Å². The molecule has 0 bridgehead atoms. The predicted molar refractivity (Wildman–Crippen MR) is 144 cm³/mol. The molecule has 0 spiro atoms. The minimum atomic E-state index is -0.860. The largest absolute Gasteiger partial charge is 0.482 e. The molecule has 1 atom stereocenters. The molecule has 1 aromatic carbocycles. The van der Waals surface area contributed by atoms with E-state index in [2.05, 4.69) is 20.7 Å². The minimum Gasteiger partial charge on any atom is -0.482 e. The third kappa shape index (κ3) is 5.47. The van der Waals surface area contributed by atoms with Crippen LogP contribution in [0.4, 0.5) is 10.1 Å². The van der Waals surface area contributed by atoms with Gasteiger partial charge in [0.1, 0.15) is 17.1 Å². The molecular weight excluding hydrogens is 535 g/mol. The van der Waals surface area contributed by atoms with Crippen LogP contribution in [0.2, 0.25) is 0 Å². The molecule has 2 aliphatic rings. The normalized spacial score (nSPS) is 18.4. The van der Waals surface area contributed by atoms with Crippen molar-refractivity contribution in [3.05, 3.63) is 64.9 Å². The minimum absolute atomic E-state index is 0.0338. The molecule has 0 saturated heterocycles. The second-order valence-corrected chi connectivity index (χ2v) is 10.3. The predicted octanol–water partition coefficient (Wildman–Crippen LogP) is 2.47. The number of anilines is 1. The molecule has 1 unspecified atom stereocenters. The number of amides is 3. The van der Waals surface area contributed by atoms with Crippen LogP contribution in [0.25, 0.3) is 5.65 Å². The number of carboxylic acid groups (broad SMARTS) is 1. The molecule has 0 fully saturated rings. The Morgan fingerprint density at radius 3 is 2.66 bits per heavy atom. The summed E-state index contributed by atoms with van der Waals surface area (Å²) in [6, 6.07) is 6.47. The van der Waals surface area contributed by atoms with Crippen LogP contribution >= 0.6 is 0 Å². The van der Waals surface area contributed by atoms with E-state index in [4.69, 9.17) is 4.74 Å². The molecule has 1 aliphatic heterocycles. The van der Waals surface area contributed by atoms with Gasteiger partial charge < -0.3 is 25.4 Å². The van der Waals surface area contributed by atoms with Crippen molar-refractivity contribution in [2.45, 2.75) is 39.7 Å². The zero-order valence-corrected chi connectivity index (χ0v) is 22.6. The fraction of sp³-hybridized carbons (Fsp3) is 0.357. The SMILES string of the molecule is CCN1C(=O)COc2ccc(CNC(=O)c3cc(C(=O)NCC4=CCC(C)(C(=O)O)CC4)n4ncc(F)c4n3)cc21. The summed E-state index contributed by atoms with van der Waals surface area (Å²) in [4.78, 5) is 55.5. The van der Waals surface area contributed by atoms with E-state index in [1.54, 1.807) is 30.0 Å². The molecule has 0 saturated carbocycles. The standard InChI is InChI=1S/C28H29FN6O6/c1-3-34-20-10-17(4-5-22(20)41-15-23(34)36)13-30-25(37)19-11-21(35-24(33-19)18(29)14-32-35)26(38)31-12-16-6-8-28(2,9-7-16)27(39)40/h4-6,10-11,14H,3,7-9,12-13,15H2,1-2H3,(H,30,37)(H,31,38)(H,39,40). The third-order valence-electron chi connectivity index (χ3n) is 7.46. The van der Waals surface area contributed by atoms with Gasteiger partial charge in [-0.15, -0.1) is 0 Å². The van der Waals surface area contributed by atoms with Crippen molar-refractivity contribution in [1.29, 1.82) is 0 Å². The number of nitrogens with one attached hydrogen (secondary N) is 2. The van der Waals surface area contributed by atoms with Crippen molar-refractivity contribution < 1.29 is 33.4 Å². The summed E-state index contributed by atoms with van der Waals surface area (Å²) in [5.74, 6) is -2.48. The molecule has 214 valence electrons. The summed E-state index contributed by atoms with van der Waals surface area (Å²) < 4.78 is 21.0. The molecule has 3 heterocycles. The number of carbonyl (C=O) groups excluding carboxylic acids is 3. The first-order chi connectivity index (χ1) is 19.6.